The van der Waals surface area contributed by atoms with Crippen molar-refractivity contribution in [3.8, 4) is 17.0 Å². The number of nitrogen functional groups attached to an aromatic ring is 1. The van der Waals surface area contributed by atoms with Crippen LogP contribution in [-0.2, 0) is 10.0 Å². The molecule has 36 heavy (non-hydrogen) atoms. The van der Waals surface area contributed by atoms with Crippen LogP contribution < -0.4 is 15.4 Å². The third kappa shape index (κ3) is 4.73. The highest BCUT2D eigenvalue weighted by atomic mass is 32.2. The molecule has 0 radical (unpaired) electrons. The SMILES string of the molecule is Cc1cc(-c2ccc(C(=O)NS(=O)(=O)c3cccnc3N)c(N3C[C@@H](C)CC3(C)C)n2)cc(C)c1O. The minimum atomic E-state index is -4.26. The second-order valence-electron chi connectivity index (χ2n) is 10.1. The number of carbonyl (C=O) groups excluding carboxylic acids is 1. The Bertz CT molecular complexity index is 1430. The predicted molar refractivity (Wildman–Crippen MR) is 139 cm³/mol. The Morgan fingerprint density at radius 2 is 1.86 bits per heavy atom. The summed E-state index contributed by atoms with van der Waals surface area (Å²) in [6.45, 7) is 10.6. The number of nitrogens with two attached hydrogens (primary N) is 1. The van der Waals surface area contributed by atoms with Crippen molar-refractivity contribution in [2.24, 2.45) is 5.92 Å². The van der Waals surface area contributed by atoms with Crippen molar-refractivity contribution in [3.63, 3.8) is 0 Å². The smallest absolute Gasteiger partial charge is 0.268 e. The van der Waals surface area contributed by atoms with Gasteiger partial charge in [0, 0.05) is 23.8 Å². The Morgan fingerprint density at radius 1 is 1.19 bits per heavy atom. The van der Waals surface area contributed by atoms with E-state index in [1.54, 1.807) is 12.1 Å². The van der Waals surface area contributed by atoms with Crippen LogP contribution in [0.15, 0.2) is 47.5 Å². The molecule has 3 aromatic rings. The number of aryl methyl sites for hydroxylation is 2. The molecule has 9 nitrogen and oxygen atoms in total. The molecule has 4 N–H and O–H groups in total. The molecule has 4 rings (SSSR count). The first-order chi connectivity index (χ1) is 16.8. The van der Waals surface area contributed by atoms with E-state index < -0.39 is 15.9 Å². The normalized spacial score (nSPS) is 17.2. The van der Waals surface area contributed by atoms with Gasteiger partial charge in [-0.15, -0.1) is 0 Å². The number of phenols is 1. The molecule has 2 aromatic heterocycles. The fraction of sp³-hybridized carbons (Fsp3) is 0.346. The molecule has 0 bridgehead atoms. The van der Waals surface area contributed by atoms with Gasteiger partial charge in [-0.05, 0) is 87.6 Å². The molecule has 190 valence electrons. The van der Waals surface area contributed by atoms with Crippen LogP contribution in [-0.4, -0.2) is 41.5 Å². The van der Waals surface area contributed by atoms with Crippen molar-refractivity contribution in [2.75, 3.05) is 17.2 Å². The lowest BCUT2D eigenvalue weighted by Gasteiger charge is -2.34. The fourth-order valence-corrected chi connectivity index (χ4v) is 5.97. The molecule has 1 aliphatic rings. The first-order valence-corrected chi connectivity index (χ1v) is 13.2. The fourth-order valence-electron chi connectivity index (χ4n) is 4.92. The predicted octanol–water partition coefficient (Wildman–Crippen LogP) is 3.79. The highest BCUT2D eigenvalue weighted by Gasteiger charge is 2.39. The van der Waals surface area contributed by atoms with Gasteiger partial charge in [0.25, 0.3) is 15.9 Å². The van der Waals surface area contributed by atoms with Gasteiger partial charge in [-0.25, -0.2) is 23.1 Å². The molecule has 0 spiro atoms. The van der Waals surface area contributed by atoms with E-state index in [0.717, 1.165) is 12.0 Å². The van der Waals surface area contributed by atoms with Crippen LogP contribution in [0.25, 0.3) is 11.3 Å². The number of carbonyl (C=O) groups is 1. The van der Waals surface area contributed by atoms with Gasteiger partial charge in [-0.2, -0.15) is 0 Å². The molecule has 0 unspecified atom stereocenters. The van der Waals surface area contributed by atoms with Gasteiger partial charge in [0.2, 0.25) is 0 Å². The summed E-state index contributed by atoms with van der Waals surface area (Å²) in [7, 11) is -4.26. The number of benzene rings is 1. The van der Waals surface area contributed by atoms with E-state index in [-0.39, 0.29) is 27.6 Å². The topological polar surface area (TPSA) is 139 Å². The molecular formula is C26H31N5O4S. The first kappa shape index (κ1) is 25.4. The van der Waals surface area contributed by atoms with Crippen molar-refractivity contribution in [2.45, 2.75) is 51.5 Å². The van der Waals surface area contributed by atoms with E-state index in [9.17, 15) is 18.3 Å². The maximum absolute atomic E-state index is 13.4. The number of aromatic hydroxyl groups is 1. The number of anilines is 2. The number of aromatic nitrogens is 2. The van der Waals surface area contributed by atoms with Gasteiger partial charge >= 0.3 is 0 Å². The molecule has 1 aromatic carbocycles. The van der Waals surface area contributed by atoms with E-state index in [1.807, 2.05) is 26.0 Å². The summed E-state index contributed by atoms with van der Waals surface area (Å²) in [5.74, 6) is -0.0142. The van der Waals surface area contributed by atoms with E-state index >= 15 is 0 Å². The third-order valence-electron chi connectivity index (χ3n) is 6.55. The number of rotatable bonds is 5. The van der Waals surface area contributed by atoms with Crippen LogP contribution in [0.1, 0.15) is 48.7 Å². The van der Waals surface area contributed by atoms with Crippen molar-refractivity contribution in [3.05, 3.63) is 59.3 Å². The molecule has 1 atom stereocenters. The van der Waals surface area contributed by atoms with Crippen LogP contribution in [0.3, 0.4) is 0 Å². The molecule has 3 heterocycles. The highest BCUT2D eigenvalue weighted by molar-refractivity contribution is 7.90. The number of nitrogens with one attached hydrogen (secondary N) is 1. The molecule has 10 heteroatoms. The molecule has 0 saturated carbocycles. The van der Waals surface area contributed by atoms with Crippen LogP contribution >= 0.6 is 0 Å². The Balaban J connectivity index is 1.81. The lowest BCUT2D eigenvalue weighted by atomic mass is 9.97. The summed E-state index contributed by atoms with van der Waals surface area (Å²) in [6.07, 6.45) is 2.27. The molecule has 1 fully saturated rings. The molecule has 1 amide bonds. The van der Waals surface area contributed by atoms with E-state index in [2.05, 4.69) is 35.4 Å². The van der Waals surface area contributed by atoms with Gasteiger partial charge in [0.1, 0.15) is 22.3 Å². The standard InChI is InChI=1S/C26H31N5O4S/c1-15-13-26(4,5)31(14-15)24-19(25(33)30-36(34,35)21-7-6-10-28-23(21)27)8-9-20(29-24)18-11-16(2)22(32)17(3)12-18/h6-12,15,32H,13-14H2,1-5H3,(H2,27,28)(H,30,33)/t15-/m0/s1. The Morgan fingerprint density at radius 3 is 2.44 bits per heavy atom. The summed E-state index contributed by atoms with van der Waals surface area (Å²) >= 11 is 0. The summed E-state index contributed by atoms with van der Waals surface area (Å²) in [5.41, 5.74) is 8.41. The van der Waals surface area contributed by atoms with E-state index in [0.29, 0.717) is 35.1 Å². The average Bonchev–Trinajstić information content (AvgIpc) is 3.08. The summed E-state index contributed by atoms with van der Waals surface area (Å²) < 4.78 is 28.0. The number of hydrogen-bond donors (Lipinski definition) is 3. The first-order valence-electron chi connectivity index (χ1n) is 11.7. The van der Waals surface area contributed by atoms with Gasteiger partial charge in [-0.3, -0.25) is 4.79 Å². The van der Waals surface area contributed by atoms with Gasteiger partial charge in [0.05, 0.1) is 11.3 Å². The second-order valence-corrected chi connectivity index (χ2v) is 11.7. The zero-order valence-electron chi connectivity index (χ0n) is 21.0. The number of sulfonamides is 1. The number of amides is 1. The lowest BCUT2D eigenvalue weighted by molar-refractivity contribution is 0.0981. The molecular weight excluding hydrogens is 478 g/mol. The monoisotopic (exact) mass is 509 g/mol. The molecule has 1 saturated heterocycles. The quantitative estimate of drug-likeness (QED) is 0.472. The van der Waals surface area contributed by atoms with Crippen LogP contribution in [0, 0.1) is 19.8 Å². The number of nitrogens with zero attached hydrogens (tertiary/aromatic N) is 3. The zero-order valence-corrected chi connectivity index (χ0v) is 21.8. The van der Waals surface area contributed by atoms with E-state index in [4.69, 9.17) is 10.7 Å². The van der Waals surface area contributed by atoms with Crippen LogP contribution in [0.5, 0.6) is 5.75 Å². The minimum absolute atomic E-state index is 0.138. The number of phenolic OH excluding ortho intramolecular Hbond substituents is 1. The Hall–Kier alpha value is -3.66. The summed E-state index contributed by atoms with van der Waals surface area (Å²) in [4.78, 5) is 23.8. The van der Waals surface area contributed by atoms with Crippen molar-refractivity contribution in [1.29, 1.82) is 0 Å². The Labute approximate surface area is 211 Å². The molecule has 0 aliphatic carbocycles. The third-order valence-corrected chi connectivity index (χ3v) is 7.93. The molecule has 1 aliphatic heterocycles. The van der Waals surface area contributed by atoms with E-state index in [1.165, 1.54) is 18.3 Å². The zero-order chi connectivity index (χ0) is 26.4. The van der Waals surface area contributed by atoms with Crippen LogP contribution in [0.4, 0.5) is 11.6 Å². The van der Waals surface area contributed by atoms with Gasteiger partial charge in [-0.1, -0.05) is 6.92 Å². The summed E-state index contributed by atoms with van der Waals surface area (Å²) in [5, 5.41) is 10.2. The van der Waals surface area contributed by atoms with Crippen molar-refractivity contribution in [1.82, 2.24) is 14.7 Å². The van der Waals surface area contributed by atoms with Gasteiger partial charge < -0.3 is 15.7 Å². The van der Waals surface area contributed by atoms with Crippen molar-refractivity contribution < 1.29 is 18.3 Å². The van der Waals surface area contributed by atoms with Crippen LogP contribution in [0.2, 0.25) is 0 Å². The largest absolute Gasteiger partial charge is 0.507 e. The second kappa shape index (κ2) is 9.09. The summed E-state index contributed by atoms with van der Waals surface area (Å²) in [6, 6.07) is 9.67. The lowest BCUT2D eigenvalue weighted by Crippen LogP contribution is -2.41. The highest BCUT2D eigenvalue weighted by Crippen LogP contribution is 2.39. The van der Waals surface area contributed by atoms with Gasteiger partial charge in [0.15, 0.2) is 0 Å². The maximum atomic E-state index is 13.4. The maximum Gasteiger partial charge on any atom is 0.268 e. The minimum Gasteiger partial charge on any atom is -0.507 e. The number of pyridine rings is 2. The Kier molecular flexibility index (Phi) is 6.42. The number of hydrogen-bond acceptors (Lipinski definition) is 8. The average molecular weight is 510 g/mol. The van der Waals surface area contributed by atoms with Crippen molar-refractivity contribution >= 4 is 27.6 Å².